The number of rotatable bonds is 4. The second kappa shape index (κ2) is 7.94. The van der Waals surface area contributed by atoms with Crippen molar-refractivity contribution in [3.05, 3.63) is 47.4 Å². The number of halogens is 3. The largest absolute Gasteiger partial charge is 0.433 e. The molecule has 4 heterocycles. The van der Waals surface area contributed by atoms with Crippen molar-refractivity contribution in [2.45, 2.75) is 32.0 Å². The van der Waals surface area contributed by atoms with E-state index in [4.69, 9.17) is 0 Å². The van der Waals surface area contributed by atoms with E-state index in [0.717, 1.165) is 29.7 Å². The highest BCUT2D eigenvalue weighted by Crippen LogP contribution is 2.32. The minimum absolute atomic E-state index is 0.0291. The van der Waals surface area contributed by atoms with E-state index in [1.54, 1.807) is 29.7 Å². The van der Waals surface area contributed by atoms with Crippen LogP contribution in [0.1, 0.15) is 24.2 Å². The lowest BCUT2D eigenvalue weighted by Gasteiger charge is -2.33. The highest BCUT2D eigenvalue weighted by Gasteiger charge is 2.34. The van der Waals surface area contributed by atoms with Crippen LogP contribution >= 0.6 is 11.3 Å². The van der Waals surface area contributed by atoms with Crippen LogP contribution in [0.2, 0.25) is 0 Å². The summed E-state index contributed by atoms with van der Waals surface area (Å²) in [5.74, 6) is 0.316. The van der Waals surface area contributed by atoms with Crippen molar-refractivity contribution < 1.29 is 13.2 Å². The number of alkyl halides is 3. The monoisotopic (exact) mass is 420 g/mol. The molecule has 1 aliphatic rings. The van der Waals surface area contributed by atoms with Crippen molar-refractivity contribution in [1.29, 1.82) is 0 Å². The topological polar surface area (TPSA) is 66.8 Å². The molecule has 1 N–H and O–H groups in total. The SMILES string of the molecule is Cc1csc(NC2CCN(c3cc(C(F)(F)F)nc(-c4cccnc4)n3)CC2)n1. The van der Waals surface area contributed by atoms with Crippen LogP contribution in [0.15, 0.2) is 36.0 Å². The molecule has 1 saturated heterocycles. The lowest BCUT2D eigenvalue weighted by atomic mass is 10.1. The number of thiazole rings is 1. The predicted molar refractivity (Wildman–Crippen MR) is 106 cm³/mol. The van der Waals surface area contributed by atoms with Crippen LogP contribution < -0.4 is 10.2 Å². The Balaban J connectivity index is 1.53. The minimum atomic E-state index is -4.54. The van der Waals surface area contributed by atoms with Crippen LogP contribution in [-0.2, 0) is 6.18 Å². The summed E-state index contributed by atoms with van der Waals surface area (Å²) in [6.45, 7) is 3.14. The summed E-state index contributed by atoms with van der Waals surface area (Å²) in [6, 6.07) is 4.56. The van der Waals surface area contributed by atoms with Gasteiger partial charge in [-0.1, -0.05) is 0 Å². The maximum Gasteiger partial charge on any atom is 0.433 e. The molecule has 1 fully saturated rings. The van der Waals surface area contributed by atoms with Gasteiger partial charge in [0.15, 0.2) is 16.6 Å². The zero-order valence-corrected chi connectivity index (χ0v) is 16.5. The minimum Gasteiger partial charge on any atom is -0.359 e. The molecule has 152 valence electrons. The van der Waals surface area contributed by atoms with E-state index < -0.39 is 11.9 Å². The lowest BCUT2D eigenvalue weighted by Crippen LogP contribution is -2.39. The summed E-state index contributed by atoms with van der Waals surface area (Å²) >= 11 is 1.56. The Labute approximate surface area is 169 Å². The number of aromatic nitrogens is 4. The average Bonchev–Trinajstić information content (AvgIpc) is 3.13. The van der Waals surface area contributed by atoms with E-state index in [1.807, 2.05) is 17.2 Å². The van der Waals surface area contributed by atoms with Crippen molar-refractivity contribution in [2.24, 2.45) is 0 Å². The van der Waals surface area contributed by atoms with E-state index in [1.165, 1.54) is 6.20 Å². The Hall–Kier alpha value is -2.75. The molecule has 0 amide bonds. The summed E-state index contributed by atoms with van der Waals surface area (Å²) in [4.78, 5) is 18.4. The second-order valence-electron chi connectivity index (χ2n) is 6.87. The Morgan fingerprint density at radius 3 is 2.59 bits per heavy atom. The third kappa shape index (κ3) is 4.64. The molecule has 0 aromatic carbocycles. The molecule has 3 aromatic rings. The molecule has 0 atom stereocenters. The van der Waals surface area contributed by atoms with Crippen molar-refractivity contribution in [1.82, 2.24) is 19.9 Å². The number of anilines is 2. The Morgan fingerprint density at radius 2 is 1.97 bits per heavy atom. The van der Waals surface area contributed by atoms with Gasteiger partial charge in [-0.25, -0.2) is 15.0 Å². The van der Waals surface area contributed by atoms with Gasteiger partial charge < -0.3 is 10.2 Å². The lowest BCUT2D eigenvalue weighted by molar-refractivity contribution is -0.141. The normalized spacial score (nSPS) is 15.5. The maximum atomic E-state index is 13.4. The molecule has 0 spiro atoms. The fourth-order valence-corrected chi connectivity index (χ4v) is 3.98. The molecule has 0 saturated carbocycles. The van der Waals surface area contributed by atoms with E-state index in [-0.39, 0.29) is 17.7 Å². The molecule has 29 heavy (non-hydrogen) atoms. The Morgan fingerprint density at radius 1 is 1.17 bits per heavy atom. The van der Waals surface area contributed by atoms with Crippen LogP contribution in [0.4, 0.5) is 24.1 Å². The highest BCUT2D eigenvalue weighted by atomic mass is 32.1. The first-order valence-corrected chi connectivity index (χ1v) is 10.1. The standard InChI is InChI=1S/C19H19F3N6S/c1-12-11-29-18(24-12)25-14-4-7-28(8-5-14)16-9-15(19(20,21)22)26-17(27-16)13-3-2-6-23-10-13/h2-3,6,9-11,14H,4-5,7-8H2,1H3,(H,24,25). The number of hydrogen-bond donors (Lipinski definition) is 1. The quantitative estimate of drug-likeness (QED) is 0.675. The first-order chi connectivity index (χ1) is 13.9. The molecule has 0 unspecified atom stereocenters. The molecule has 6 nitrogen and oxygen atoms in total. The van der Waals surface area contributed by atoms with E-state index >= 15 is 0 Å². The summed E-state index contributed by atoms with van der Waals surface area (Å²) in [5.41, 5.74) is 0.480. The number of pyridine rings is 1. The van der Waals surface area contributed by atoms with Crippen LogP contribution in [0.5, 0.6) is 0 Å². The van der Waals surface area contributed by atoms with E-state index in [0.29, 0.717) is 18.7 Å². The summed E-state index contributed by atoms with van der Waals surface area (Å²) < 4.78 is 40.2. The molecule has 0 radical (unpaired) electrons. The van der Waals surface area contributed by atoms with Gasteiger partial charge in [0.2, 0.25) is 0 Å². The van der Waals surface area contributed by atoms with Crippen molar-refractivity contribution >= 4 is 22.3 Å². The van der Waals surface area contributed by atoms with Crippen LogP contribution in [-0.4, -0.2) is 39.1 Å². The average molecular weight is 420 g/mol. The van der Waals surface area contributed by atoms with Gasteiger partial charge in [0.1, 0.15) is 5.82 Å². The molecule has 4 rings (SSSR count). The molecule has 0 bridgehead atoms. The molecule has 3 aromatic heterocycles. The van der Waals surface area contributed by atoms with Crippen LogP contribution in [0.3, 0.4) is 0 Å². The second-order valence-corrected chi connectivity index (χ2v) is 7.73. The first-order valence-electron chi connectivity index (χ1n) is 9.19. The molecule has 0 aliphatic carbocycles. The zero-order valence-electron chi connectivity index (χ0n) is 15.6. The van der Waals surface area contributed by atoms with Crippen LogP contribution in [0.25, 0.3) is 11.4 Å². The predicted octanol–water partition coefficient (Wildman–Crippen LogP) is 4.40. The van der Waals surface area contributed by atoms with Crippen molar-refractivity contribution in [2.75, 3.05) is 23.3 Å². The number of piperidine rings is 1. The van der Waals surface area contributed by atoms with Crippen molar-refractivity contribution in [3.63, 3.8) is 0 Å². The molecule has 10 heteroatoms. The zero-order chi connectivity index (χ0) is 20.4. The van der Waals surface area contributed by atoms with Gasteiger partial charge in [-0.05, 0) is 31.9 Å². The van der Waals surface area contributed by atoms with Gasteiger partial charge >= 0.3 is 6.18 Å². The fraction of sp³-hybridized carbons (Fsp3) is 0.368. The third-order valence-corrected chi connectivity index (χ3v) is 5.58. The van der Waals surface area contributed by atoms with Gasteiger partial charge in [0.25, 0.3) is 0 Å². The first kappa shape index (κ1) is 19.6. The van der Waals surface area contributed by atoms with Gasteiger partial charge in [-0.3, -0.25) is 4.98 Å². The van der Waals surface area contributed by atoms with Gasteiger partial charge in [-0.15, -0.1) is 11.3 Å². The van der Waals surface area contributed by atoms with Crippen molar-refractivity contribution in [3.8, 4) is 11.4 Å². The summed E-state index contributed by atoms with van der Waals surface area (Å²) in [5, 5.41) is 6.27. The number of nitrogens with one attached hydrogen (secondary N) is 1. The number of hydrogen-bond acceptors (Lipinski definition) is 7. The summed E-state index contributed by atoms with van der Waals surface area (Å²) in [6.07, 6.45) is 0.0425. The molecular weight excluding hydrogens is 401 g/mol. The van der Waals surface area contributed by atoms with E-state index in [9.17, 15) is 13.2 Å². The van der Waals surface area contributed by atoms with Gasteiger partial charge in [0.05, 0.1) is 5.69 Å². The van der Waals surface area contributed by atoms with Crippen LogP contribution in [0, 0.1) is 6.92 Å². The molecular formula is C19H19F3N6S. The summed E-state index contributed by atoms with van der Waals surface area (Å²) in [7, 11) is 0. The maximum absolute atomic E-state index is 13.4. The smallest absolute Gasteiger partial charge is 0.359 e. The van der Waals surface area contributed by atoms with Gasteiger partial charge in [-0.2, -0.15) is 13.2 Å². The number of aryl methyl sites for hydroxylation is 1. The number of nitrogens with zero attached hydrogens (tertiary/aromatic N) is 5. The van der Waals surface area contributed by atoms with Gasteiger partial charge in [0, 0.05) is 48.5 Å². The highest BCUT2D eigenvalue weighted by molar-refractivity contribution is 7.13. The third-order valence-electron chi connectivity index (χ3n) is 4.69. The Kier molecular flexibility index (Phi) is 5.35. The van der Waals surface area contributed by atoms with E-state index in [2.05, 4.69) is 25.3 Å². The molecule has 1 aliphatic heterocycles. The Bertz CT molecular complexity index is 968. The fourth-order valence-electron chi connectivity index (χ4n) is 3.21.